The van der Waals surface area contributed by atoms with Crippen molar-refractivity contribution in [3.63, 3.8) is 0 Å². The molecule has 3 heteroatoms. The van der Waals surface area contributed by atoms with Crippen molar-refractivity contribution in [2.75, 3.05) is 7.11 Å². The van der Waals surface area contributed by atoms with Gasteiger partial charge in [-0.1, -0.05) is 0 Å². The van der Waals surface area contributed by atoms with Crippen LogP contribution in [-0.2, 0) is 9.53 Å². The summed E-state index contributed by atoms with van der Waals surface area (Å²) in [7, 11) is 1.41. The van der Waals surface area contributed by atoms with E-state index >= 15 is 0 Å². The zero-order valence-corrected chi connectivity index (χ0v) is 6.39. The number of hydrogen-bond acceptors (Lipinski definition) is 3. The van der Waals surface area contributed by atoms with Crippen LogP contribution < -0.4 is 5.73 Å². The van der Waals surface area contributed by atoms with Crippen molar-refractivity contribution in [2.45, 2.75) is 25.8 Å². The molecule has 0 atom stereocenters. The molecular weight excluding hydrogens is 130 g/mol. The number of methoxy groups -OCH3 is 1. The van der Waals surface area contributed by atoms with Gasteiger partial charge in [-0.25, -0.2) is 0 Å². The standard InChI is InChI=1S/C7H13NO2/c1-7(6(9)10-2)3-5(8)4-7/h5H,3-4,8H2,1-2H3/t5-,7+. The van der Waals surface area contributed by atoms with E-state index in [1.807, 2.05) is 6.92 Å². The van der Waals surface area contributed by atoms with Crippen molar-refractivity contribution in [3.05, 3.63) is 0 Å². The Hall–Kier alpha value is -0.570. The maximum Gasteiger partial charge on any atom is 0.311 e. The molecule has 1 aliphatic rings. The van der Waals surface area contributed by atoms with Crippen LogP contribution in [0, 0.1) is 5.41 Å². The quantitative estimate of drug-likeness (QED) is 0.537. The van der Waals surface area contributed by atoms with Crippen molar-refractivity contribution in [2.24, 2.45) is 11.1 Å². The van der Waals surface area contributed by atoms with Crippen LogP contribution in [-0.4, -0.2) is 19.1 Å². The lowest BCUT2D eigenvalue weighted by Gasteiger charge is -2.40. The summed E-state index contributed by atoms with van der Waals surface area (Å²) in [6, 6.07) is 0.198. The third kappa shape index (κ3) is 1.01. The Morgan fingerprint density at radius 3 is 2.50 bits per heavy atom. The van der Waals surface area contributed by atoms with Gasteiger partial charge in [0.1, 0.15) is 0 Å². The van der Waals surface area contributed by atoms with Gasteiger partial charge in [0, 0.05) is 6.04 Å². The second-order valence-electron chi connectivity index (χ2n) is 3.22. The summed E-state index contributed by atoms with van der Waals surface area (Å²) in [5.74, 6) is -0.130. The first-order valence-corrected chi connectivity index (χ1v) is 3.42. The van der Waals surface area contributed by atoms with Gasteiger partial charge < -0.3 is 10.5 Å². The van der Waals surface area contributed by atoms with Crippen LogP contribution in [0.25, 0.3) is 0 Å². The van der Waals surface area contributed by atoms with Crippen LogP contribution in [0.4, 0.5) is 0 Å². The summed E-state index contributed by atoms with van der Waals surface area (Å²) >= 11 is 0. The second-order valence-corrected chi connectivity index (χ2v) is 3.22. The van der Waals surface area contributed by atoms with Crippen LogP contribution in [0.5, 0.6) is 0 Å². The van der Waals surface area contributed by atoms with Gasteiger partial charge in [-0.2, -0.15) is 0 Å². The maximum atomic E-state index is 11.0. The van der Waals surface area contributed by atoms with E-state index in [2.05, 4.69) is 4.74 Å². The first-order valence-electron chi connectivity index (χ1n) is 3.42. The summed E-state index contributed by atoms with van der Waals surface area (Å²) < 4.78 is 4.61. The van der Waals surface area contributed by atoms with Crippen molar-refractivity contribution < 1.29 is 9.53 Å². The van der Waals surface area contributed by atoms with Crippen molar-refractivity contribution in [3.8, 4) is 0 Å². The minimum absolute atomic E-state index is 0.130. The van der Waals surface area contributed by atoms with Crippen LogP contribution in [0.2, 0.25) is 0 Å². The molecule has 0 bridgehead atoms. The van der Waals surface area contributed by atoms with Gasteiger partial charge in [-0.15, -0.1) is 0 Å². The molecule has 1 aliphatic carbocycles. The lowest BCUT2D eigenvalue weighted by molar-refractivity contribution is -0.157. The predicted molar refractivity (Wildman–Crippen MR) is 37.3 cm³/mol. The molecule has 0 aromatic heterocycles. The van der Waals surface area contributed by atoms with Crippen molar-refractivity contribution in [1.82, 2.24) is 0 Å². The van der Waals surface area contributed by atoms with Gasteiger partial charge in [0.2, 0.25) is 0 Å². The average Bonchev–Trinajstić information content (AvgIpc) is 1.83. The smallest absolute Gasteiger partial charge is 0.311 e. The van der Waals surface area contributed by atoms with E-state index in [1.54, 1.807) is 0 Å². The average molecular weight is 143 g/mol. The van der Waals surface area contributed by atoms with E-state index in [-0.39, 0.29) is 17.4 Å². The summed E-state index contributed by atoms with van der Waals surface area (Å²) in [4.78, 5) is 11.0. The first kappa shape index (κ1) is 7.54. The number of carbonyl (C=O) groups excluding carboxylic acids is 1. The molecule has 0 saturated heterocycles. The third-order valence-corrected chi connectivity index (χ3v) is 2.10. The number of ether oxygens (including phenoxy) is 1. The summed E-state index contributed by atoms with van der Waals surface area (Å²) in [5, 5.41) is 0. The van der Waals surface area contributed by atoms with Gasteiger partial charge in [0.15, 0.2) is 0 Å². The Kier molecular flexibility index (Phi) is 1.68. The molecule has 0 aliphatic heterocycles. The third-order valence-electron chi connectivity index (χ3n) is 2.10. The molecule has 0 unspecified atom stereocenters. The molecule has 0 amide bonds. The molecule has 0 radical (unpaired) electrons. The normalized spacial score (nSPS) is 38.5. The Labute approximate surface area is 60.5 Å². The van der Waals surface area contributed by atoms with E-state index in [0.717, 1.165) is 12.8 Å². The Morgan fingerprint density at radius 1 is 1.70 bits per heavy atom. The van der Waals surface area contributed by atoms with Gasteiger partial charge in [-0.05, 0) is 19.8 Å². The molecule has 0 aromatic rings. The molecule has 1 rings (SSSR count). The number of hydrogen-bond donors (Lipinski definition) is 1. The fourth-order valence-electron chi connectivity index (χ4n) is 1.51. The van der Waals surface area contributed by atoms with E-state index in [0.29, 0.717) is 0 Å². The molecule has 0 aromatic carbocycles. The van der Waals surface area contributed by atoms with E-state index < -0.39 is 0 Å². The Balaban J connectivity index is 2.48. The second kappa shape index (κ2) is 2.23. The first-order chi connectivity index (χ1) is 4.58. The summed E-state index contributed by atoms with van der Waals surface area (Å²) in [5.41, 5.74) is 5.26. The highest BCUT2D eigenvalue weighted by Gasteiger charge is 2.45. The van der Waals surface area contributed by atoms with Gasteiger partial charge in [0.05, 0.1) is 12.5 Å². The van der Waals surface area contributed by atoms with Gasteiger partial charge >= 0.3 is 5.97 Å². The molecule has 3 nitrogen and oxygen atoms in total. The van der Waals surface area contributed by atoms with Crippen molar-refractivity contribution in [1.29, 1.82) is 0 Å². The molecule has 0 heterocycles. The number of rotatable bonds is 1. The molecule has 0 spiro atoms. The highest BCUT2D eigenvalue weighted by Crippen LogP contribution is 2.40. The summed E-state index contributed by atoms with van der Waals surface area (Å²) in [6.45, 7) is 1.89. The minimum atomic E-state index is -0.284. The number of nitrogens with two attached hydrogens (primary N) is 1. The minimum Gasteiger partial charge on any atom is -0.469 e. The topological polar surface area (TPSA) is 52.3 Å². The maximum absolute atomic E-state index is 11.0. The molecule has 58 valence electrons. The van der Waals surface area contributed by atoms with E-state index in [1.165, 1.54) is 7.11 Å². The van der Waals surface area contributed by atoms with Crippen LogP contribution in [0.15, 0.2) is 0 Å². The zero-order valence-electron chi connectivity index (χ0n) is 6.39. The number of esters is 1. The van der Waals surface area contributed by atoms with Crippen LogP contribution >= 0.6 is 0 Å². The highest BCUT2D eigenvalue weighted by molar-refractivity contribution is 5.77. The van der Waals surface area contributed by atoms with Crippen LogP contribution in [0.1, 0.15) is 19.8 Å². The largest absolute Gasteiger partial charge is 0.469 e. The Bertz CT molecular complexity index is 150. The van der Waals surface area contributed by atoms with E-state index in [4.69, 9.17) is 5.73 Å². The number of carbonyl (C=O) groups is 1. The monoisotopic (exact) mass is 143 g/mol. The van der Waals surface area contributed by atoms with Gasteiger partial charge in [0.25, 0.3) is 0 Å². The van der Waals surface area contributed by atoms with Gasteiger partial charge in [-0.3, -0.25) is 4.79 Å². The zero-order chi connectivity index (χ0) is 7.78. The predicted octanol–water partition coefficient (Wildman–Crippen LogP) is 0.287. The molecular formula is C7H13NO2. The molecule has 1 saturated carbocycles. The van der Waals surface area contributed by atoms with Crippen LogP contribution in [0.3, 0.4) is 0 Å². The summed E-state index contributed by atoms with van der Waals surface area (Å²) in [6.07, 6.45) is 1.53. The fourth-order valence-corrected chi connectivity index (χ4v) is 1.51. The highest BCUT2D eigenvalue weighted by atomic mass is 16.5. The lowest BCUT2D eigenvalue weighted by atomic mass is 9.67. The SMILES string of the molecule is COC(=O)[C@]1(C)C[C@H](N)C1. The van der Waals surface area contributed by atoms with E-state index in [9.17, 15) is 4.79 Å². The fraction of sp³-hybridized carbons (Fsp3) is 0.857. The Morgan fingerprint density at radius 2 is 2.20 bits per heavy atom. The molecule has 1 fully saturated rings. The van der Waals surface area contributed by atoms with Crippen molar-refractivity contribution >= 4 is 5.97 Å². The molecule has 2 N–H and O–H groups in total. The lowest BCUT2D eigenvalue weighted by Crippen LogP contribution is -2.49. The molecule has 10 heavy (non-hydrogen) atoms.